The number of aromatic nitrogens is 1. The fourth-order valence-corrected chi connectivity index (χ4v) is 4.07. The zero-order valence-electron chi connectivity index (χ0n) is 15.7. The molecule has 0 saturated heterocycles. The van der Waals surface area contributed by atoms with Crippen molar-refractivity contribution < 1.29 is 8.42 Å². The number of aryl methyl sites for hydroxylation is 2. The number of aliphatic imine (C=N–C) groups is 1. The molecule has 7 nitrogen and oxygen atoms in total. The summed E-state index contributed by atoms with van der Waals surface area (Å²) in [6.45, 7) is 5.11. The molecular weight excluding hydrogens is 497 g/mol. The third kappa shape index (κ3) is 8.54. The van der Waals surface area contributed by atoms with Crippen molar-refractivity contribution in [1.29, 1.82) is 0 Å². The monoisotopic (exact) mass is 523 g/mol. The summed E-state index contributed by atoms with van der Waals surface area (Å²) < 4.78 is 26.8. The highest BCUT2D eigenvalue weighted by Crippen LogP contribution is 2.16. The molecule has 0 aliphatic heterocycles. The normalized spacial score (nSPS) is 11.7. The first-order valence-corrected chi connectivity index (χ1v) is 10.7. The van der Waals surface area contributed by atoms with E-state index in [9.17, 15) is 8.42 Å². The number of benzene rings is 1. The number of guanidine groups is 1. The largest absolute Gasteiger partial charge is 0.355 e. The molecule has 0 atom stereocenters. The number of nitrogens with one attached hydrogen (secondary N) is 3. The molecule has 150 valence electrons. The maximum Gasteiger partial charge on any atom is 0.213 e. The molecule has 0 aliphatic carbocycles. The summed E-state index contributed by atoms with van der Waals surface area (Å²) in [5.74, 6) is 0.535. The van der Waals surface area contributed by atoms with E-state index in [2.05, 4.69) is 25.3 Å². The number of nitrogens with zero attached hydrogens (tertiary/aromatic N) is 2. The van der Waals surface area contributed by atoms with Gasteiger partial charge in [-0.2, -0.15) is 0 Å². The van der Waals surface area contributed by atoms with Gasteiger partial charge in [-0.15, -0.1) is 35.3 Å². The Balaban J connectivity index is 0.00000364. The molecule has 0 spiro atoms. The molecular formula is C17H26IN5O2S2. The van der Waals surface area contributed by atoms with Crippen molar-refractivity contribution in [3.63, 3.8) is 0 Å². The van der Waals surface area contributed by atoms with Crippen LogP contribution in [0.25, 0.3) is 0 Å². The Morgan fingerprint density at radius 3 is 2.44 bits per heavy atom. The van der Waals surface area contributed by atoms with Gasteiger partial charge in [-0.3, -0.25) is 4.99 Å². The van der Waals surface area contributed by atoms with Crippen LogP contribution in [-0.4, -0.2) is 38.7 Å². The molecule has 0 saturated carbocycles. The van der Waals surface area contributed by atoms with E-state index in [1.807, 2.05) is 44.2 Å². The van der Waals surface area contributed by atoms with E-state index < -0.39 is 10.0 Å². The van der Waals surface area contributed by atoms with Gasteiger partial charge in [0.2, 0.25) is 10.0 Å². The first kappa shape index (κ1) is 23.8. The van der Waals surface area contributed by atoms with Gasteiger partial charge < -0.3 is 10.6 Å². The summed E-state index contributed by atoms with van der Waals surface area (Å²) in [6.07, 6.45) is 0. The van der Waals surface area contributed by atoms with E-state index in [0.29, 0.717) is 19.0 Å². The average molecular weight is 523 g/mol. The predicted octanol–water partition coefficient (Wildman–Crippen LogP) is 2.16. The molecule has 27 heavy (non-hydrogen) atoms. The number of hydrogen-bond donors (Lipinski definition) is 3. The first-order chi connectivity index (χ1) is 12.4. The van der Waals surface area contributed by atoms with E-state index in [1.54, 1.807) is 18.4 Å². The lowest BCUT2D eigenvalue weighted by atomic mass is 10.2. The van der Waals surface area contributed by atoms with Gasteiger partial charge in [0.25, 0.3) is 0 Å². The van der Waals surface area contributed by atoms with Crippen LogP contribution in [0.3, 0.4) is 0 Å². The van der Waals surface area contributed by atoms with E-state index in [0.717, 1.165) is 21.1 Å². The lowest BCUT2D eigenvalue weighted by molar-refractivity contribution is 0.580. The number of sulfonamides is 1. The highest BCUT2D eigenvalue weighted by molar-refractivity contribution is 14.0. The molecule has 1 aromatic carbocycles. The highest BCUT2D eigenvalue weighted by atomic mass is 127. The summed E-state index contributed by atoms with van der Waals surface area (Å²) >= 11 is 1.64. The molecule has 0 radical (unpaired) electrons. The Morgan fingerprint density at radius 1 is 1.15 bits per heavy atom. The van der Waals surface area contributed by atoms with Crippen LogP contribution in [0.15, 0.2) is 35.3 Å². The Kier molecular flexibility index (Phi) is 10.2. The second kappa shape index (κ2) is 11.6. The van der Waals surface area contributed by atoms with Gasteiger partial charge in [-0.1, -0.05) is 30.3 Å². The summed E-state index contributed by atoms with van der Waals surface area (Å²) in [4.78, 5) is 9.64. The SMILES string of the molecule is CN=C(NCCS(=O)(=O)NCc1ccccc1)NCc1sc(C)nc1C.I. The van der Waals surface area contributed by atoms with Gasteiger partial charge in [0.05, 0.1) is 23.0 Å². The predicted molar refractivity (Wildman–Crippen MR) is 122 cm³/mol. The number of thiazole rings is 1. The van der Waals surface area contributed by atoms with Crippen LogP contribution in [-0.2, 0) is 23.1 Å². The van der Waals surface area contributed by atoms with Crippen LogP contribution in [0.1, 0.15) is 21.1 Å². The topological polar surface area (TPSA) is 95.5 Å². The third-order valence-corrected chi connectivity index (χ3v) is 6.04. The van der Waals surface area contributed by atoms with Crippen molar-refractivity contribution in [3.8, 4) is 0 Å². The molecule has 0 aliphatic rings. The van der Waals surface area contributed by atoms with Gasteiger partial charge in [-0.25, -0.2) is 18.1 Å². The molecule has 0 fully saturated rings. The molecule has 1 heterocycles. The summed E-state index contributed by atoms with van der Waals surface area (Å²) in [5, 5.41) is 7.23. The Morgan fingerprint density at radius 2 is 1.85 bits per heavy atom. The Labute approximate surface area is 182 Å². The van der Waals surface area contributed by atoms with Crippen molar-refractivity contribution in [1.82, 2.24) is 20.3 Å². The first-order valence-electron chi connectivity index (χ1n) is 8.28. The fourth-order valence-electron chi connectivity index (χ4n) is 2.29. The second-order valence-electron chi connectivity index (χ2n) is 5.72. The number of hydrogen-bond acceptors (Lipinski definition) is 5. The lowest BCUT2D eigenvalue weighted by Crippen LogP contribution is -2.40. The molecule has 10 heteroatoms. The molecule has 3 N–H and O–H groups in total. The minimum Gasteiger partial charge on any atom is -0.355 e. The van der Waals surface area contributed by atoms with Crippen LogP contribution >= 0.6 is 35.3 Å². The van der Waals surface area contributed by atoms with Crippen molar-refractivity contribution in [3.05, 3.63) is 51.5 Å². The lowest BCUT2D eigenvalue weighted by Gasteiger charge is -2.12. The minimum atomic E-state index is -3.36. The van der Waals surface area contributed by atoms with E-state index in [4.69, 9.17) is 0 Å². The van der Waals surface area contributed by atoms with Crippen LogP contribution in [0.4, 0.5) is 0 Å². The van der Waals surface area contributed by atoms with Crippen molar-refractivity contribution >= 4 is 51.3 Å². The van der Waals surface area contributed by atoms with Gasteiger partial charge >= 0.3 is 0 Å². The summed E-state index contributed by atoms with van der Waals surface area (Å²) in [7, 11) is -1.70. The Hall–Kier alpha value is -1.24. The smallest absolute Gasteiger partial charge is 0.213 e. The Bertz CT molecular complexity index is 838. The van der Waals surface area contributed by atoms with E-state index >= 15 is 0 Å². The maximum absolute atomic E-state index is 12.1. The fraction of sp³-hybridized carbons (Fsp3) is 0.412. The highest BCUT2D eigenvalue weighted by Gasteiger charge is 2.11. The maximum atomic E-state index is 12.1. The van der Waals surface area contributed by atoms with Crippen molar-refractivity contribution in [2.24, 2.45) is 4.99 Å². The van der Waals surface area contributed by atoms with Crippen molar-refractivity contribution in [2.45, 2.75) is 26.9 Å². The van der Waals surface area contributed by atoms with Gasteiger partial charge in [0.15, 0.2) is 5.96 Å². The zero-order valence-corrected chi connectivity index (χ0v) is 19.6. The van der Waals surface area contributed by atoms with Gasteiger partial charge in [0.1, 0.15) is 0 Å². The van der Waals surface area contributed by atoms with Crippen LogP contribution < -0.4 is 15.4 Å². The second-order valence-corrected chi connectivity index (χ2v) is 8.93. The van der Waals surface area contributed by atoms with E-state index in [-0.39, 0.29) is 36.3 Å². The standard InChI is InChI=1S/C17H25N5O2S2.HI/c1-13-16(25-14(2)22-13)12-20-17(18-3)19-9-10-26(23,24)21-11-15-7-5-4-6-8-15;/h4-8,21H,9-12H2,1-3H3,(H2,18,19,20);1H. The van der Waals surface area contributed by atoms with Gasteiger partial charge in [0, 0.05) is 25.0 Å². The van der Waals surface area contributed by atoms with Crippen molar-refractivity contribution in [2.75, 3.05) is 19.3 Å². The molecule has 1 aromatic heterocycles. The zero-order chi connectivity index (χ0) is 19.0. The third-order valence-electron chi connectivity index (χ3n) is 3.64. The number of rotatable bonds is 8. The van der Waals surface area contributed by atoms with Crippen LogP contribution in [0.2, 0.25) is 0 Å². The summed E-state index contributed by atoms with van der Waals surface area (Å²) in [6, 6.07) is 9.43. The molecule has 2 rings (SSSR count). The number of halogens is 1. The average Bonchev–Trinajstić information content (AvgIpc) is 2.94. The van der Waals surface area contributed by atoms with Gasteiger partial charge in [-0.05, 0) is 19.4 Å². The molecule has 0 unspecified atom stereocenters. The molecule has 0 bridgehead atoms. The van der Waals surface area contributed by atoms with Crippen LogP contribution in [0, 0.1) is 13.8 Å². The molecule has 0 amide bonds. The van der Waals surface area contributed by atoms with E-state index in [1.165, 1.54) is 0 Å². The summed E-state index contributed by atoms with van der Waals surface area (Å²) in [5.41, 5.74) is 1.93. The quantitative estimate of drug-likeness (QED) is 0.280. The molecule has 2 aromatic rings. The van der Waals surface area contributed by atoms with Crippen LogP contribution in [0.5, 0.6) is 0 Å². The minimum absolute atomic E-state index is 0.